The van der Waals surface area contributed by atoms with Gasteiger partial charge in [-0.3, -0.25) is 4.79 Å². The number of anilines is 1. The smallest absolute Gasteiger partial charge is 0.269 e. The van der Waals surface area contributed by atoms with Crippen LogP contribution in [0.4, 0.5) is 5.69 Å². The van der Waals surface area contributed by atoms with E-state index in [-0.39, 0.29) is 5.91 Å². The Kier molecular flexibility index (Phi) is 4.04. The third kappa shape index (κ3) is 2.49. The number of halogens is 1. The molecule has 0 radical (unpaired) electrons. The molecule has 0 saturated carbocycles. The van der Waals surface area contributed by atoms with Gasteiger partial charge in [-0.1, -0.05) is 6.07 Å². The molecule has 0 aliphatic carbocycles. The minimum absolute atomic E-state index is 0.0433. The molecule has 3 nitrogen and oxygen atoms in total. The number of benzene rings is 1. The van der Waals surface area contributed by atoms with Crippen LogP contribution in [0, 0.1) is 6.92 Å². The van der Waals surface area contributed by atoms with Crippen LogP contribution in [0.1, 0.15) is 27.2 Å². The Labute approximate surface area is 136 Å². The number of amides is 1. The highest BCUT2D eigenvalue weighted by atomic mass is 79.9. The summed E-state index contributed by atoms with van der Waals surface area (Å²) in [7, 11) is 1.66. The van der Waals surface area contributed by atoms with Crippen LogP contribution in [0.2, 0.25) is 0 Å². The van der Waals surface area contributed by atoms with E-state index in [0.29, 0.717) is 0 Å². The molecule has 0 fully saturated rings. The first-order valence-corrected chi connectivity index (χ1v) is 8.52. The third-order valence-electron chi connectivity index (χ3n) is 3.83. The molecule has 3 rings (SSSR count). The lowest BCUT2D eigenvalue weighted by atomic mass is 9.96. The Bertz CT molecular complexity index is 696. The highest BCUT2D eigenvalue weighted by Crippen LogP contribution is 2.39. The maximum atomic E-state index is 12.9. The SMILES string of the molecule is COc1ccc(C)c2c1N(C(=O)c1sccc1Br)CCC2. The maximum Gasteiger partial charge on any atom is 0.269 e. The van der Waals surface area contributed by atoms with Crippen LogP contribution in [0.5, 0.6) is 5.75 Å². The zero-order chi connectivity index (χ0) is 15.0. The van der Waals surface area contributed by atoms with Crippen LogP contribution in [0.25, 0.3) is 0 Å². The zero-order valence-electron chi connectivity index (χ0n) is 12.0. The molecule has 0 saturated heterocycles. The Balaban J connectivity index is 2.10. The normalized spacial score (nSPS) is 14.0. The maximum absolute atomic E-state index is 12.9. The van der Waals surface area contributed by atoms with Crippen molar-refractivity contribution in [2.45, 2.75) is 19.8 Å². The van der Waals surface area contributed by atoms with E-state index in [1.165, 1.54) is 22.5 Å². The Hall–Kier alpha value is -1.33. The number of thiophene rings is 1. The van der Waals surface area contributed by atoms with Gasteiger partial charge in [0.2, 0.25) is 0 Å². The van der Waals surface area contributed by atoms with Crippen LogP contribution in [0.3, 0.4) is 0 Å². The van der Waals surface area contributed by atoms with Gasteiger partial charge < -0.3 is 9.64 Å². The van der Waals surface area contributed by atoms with Crippen molar-refractivity contribution in [3.8, 4) is 5.75 Å². The van der Waals surface area contributed by atoms with Crippen molar-refractivity contribution in [3.05, 3.63) is 44.1 Å². The number of nitrogens with zero attached hydrogens (tertiary/aromatic N) is 1. The van der Waals surface area contributed by atoms with Gasteiger partial charge in [-0.15, -0.1) is 11.3 Å². The number of hydrogen-bond acceptors (Lipinski definition) is 3. The second kappa shape index (κ2) is 5.81. The van der Waals surface area contributed by atoms with Crippen molar-refractivity contribution < 1.29 is 9.53 Å². The molecule has 1 aliphatic heterocycles. The molecule has 1 aliphatic rings. The summed E-state index contributed by atoms with van der Waals surface area (Å²) in [5.41, 5.74) is 3.38. The summed E-state index contributed by atoms with van der Waals surface area (Å²) in [6.07, 6.45) is 1.98. The fraction of sp³-hybridized carbons (Fsp3) is 0.312. The fourth-order valence-corrected chi connectivity index (χ4v) is 4.28. The van der Waals surface area contributed by atoms with E-state index < -0.39 is 0 Å². The van der Waals surface area contributed by atoms with Crippen molar-refractivity contribution in [2.75, 3.05) is 18.6 Å². The summed E-state index contributed by atoms with van der Waals surface area (Å²) in [6.45, 7) is 2.82. The highest BCUT2D eigenvalue weighted by molar-refractivity contribution is 9.10. The number of fused-ring (bicyclic) bond motifs is 1. The molecule has 0 N–H and O–H groups in total. The van der Waals surface area contributed by atoms with Gasteiger partial charge >= 0.3 is 0 Å². The predicted octanol–water partition coefficient (Wildman–Crippen LogP) is 4.42. The molecule has 1 aromatic carbocycles. The molecule has 0 unspecified atom stereocenters. The third-order valence-corrected chi connectivity index (χ3v) is 5.66. The predicted molar refractivity (Wildman–Crippen MR) is 89.7 cm³/mol. The van der Waals surface area contributed by atoms with Gasteiger partial charge in [0.05, 0.1) is 12.8 Å². The molecule has 1 aromatic heterocycles. The topological polar surface area (TPSA) is 29.5 Å². The summed E-state index contributed by atoms with van der Waals surface area (Å²) in [6, 6.07) is 5.92. The summed E-state index contributed by atoms with van der Waals surface area (Å²) in [5.74, 6) is 0.818. The van der Waals surface area contributed by atoms with Crippen LogP contribution >= 0.6 is 27.3 Å². The van der Waals surface area contributed by atoms with Gasteiger partial charge in [-0.2, -0.15) is 0 Å². The van der Waals surface area contributed by atoms with E-state index >= 15 is 0 Å². The van der Waals surface area contributed by atoms with E-state index in [4.69, 9.17) is 4.74 Å². The molecule has 21 heavy (non-hydrogen) atoms. The van der Waals surface area contributed by atoms with Gasteiger partial charge in [-0.25, -0.2) is 0 Å². The molecule has 2 aromatic rings. The number of rotatable bonds is 2. The first-order valence-electron chi connectivity index (χ1n) is 6.84. The van der Waals surface area contributed by atoms with E-state index in [2.05, 4.69) is 28.9 Å². The number of aryl methyl sites for hydroxylation is 1. The Morgan fingerprint density at radius 1 is 1.38 bits per heavy atom. The van der Waals surface area contributed by atoms with E-state index in [1.54, 1.807) is 7.11 Å². The summed E-state index contributed by atoms with van der Waals surface area (Å²) >= 11 is 4.92. The second-order valence-corrected chi connectivity index (χ2v) is 6.84. The number of methoxy groups -OCH3 is 1. The number of carbonyl (C=O) groups is 1. The quantitative estimate of drug-likeness (QED) is 0.788. The van der Waals surface area contributed by atoms with Gasteiger partial charge in [-0.05, 0) is 64.3 Å². The van der Waals surface area contributed by atoms with Crippen molar-refractivity contribution >= 4 is 38.9 Å². The Morgan fingerprint density at radius 3 is 2.86 bits per heavy atom. The standard InChI is InChI=1S/C16H16BrNO2S/c1-10-5-6-13(20-2)14-11(10)4-3-8-18(14)16(19)15-12(17)7-9-21-15/h5-7,9H,3-4,8H2,1-2H3. The average molecular weight is 366 g/mol. The summed E-state index contributed by atoms with van der Waals surface area (Å²) in [5, 5.41) is 1.93. The first-order chi connectivity index (χ1) is 10.1. The fourth-order valence-electron chi connectivity index (χ4n) is 2.79. The van der Waals surface area contributed by atoms with Gasteiger partial charge in [0.25, 0.3) is 5.91 Å². The van der Waals surface area contributed by atoms with Gasteiger partial charge in [0.1, 0.15) is 10.6 Å². The lowest BCUT2D eigenvalue weighted by Gasteiger charge is -2.31. The molecule has 0 bridgehead atoms. The molecule has 0 spiro atoms. The zero-order valence-corrected chi connectivity index (χ0v) is 14.4. The summed E-state index contributed by atoms with van der Waals surface area (Å²) in [4.78, 5) is 15.5. The minimum Gasteiger partial charge on any atom is -0.495 e. The van der Waals surface area contributed by atoms with Crippen molar-refractivity contribution in [1.82, 2.24) is 0 Å². The minimum atomic E-state index is 0.0433. The lowest BCUT2D eigenvalue weighted by molar-refractivity contribution is 0.0987. The first kappa shape index (κ1) is 14.6. The Morgan fingerprint density at radius 2 is 2.19 bits per heavy atom. The average Bonchev–Trinajstić information content (AvgIpc) is 2.93. The summed E-state index contributed by atoms with van der Waals surface area (Å²) < 4.78 is 6.35. The lowest BCUT2D eigenvalue weighted by Crippen LogP contribution is -2.35. The monoisotopic (exact) mass is 365 g/mol. The number of hydrogen-bond donors (Lipinski definition) is 0. The van der Waals surface area contributed by atoms with Crippen LogP contribution in [-0.4, -0.2) is 19.6 Å². The van der Waals surface area contributed by atoms with Crippen LogP contribution in [-0.2, 0) is 6.42 Å². The van der Waals surface area contributed by atoms with Crippen molar-refractivity contribution in [2.24, 2.45) is 0 Å². The molecule has 1 amide bonds. The highest BCUT2D eigenvalue weighted by Gasteiger charge is 2.29. The van der Waals surface area contributed by atoms with E-state index in [0.717, 1.165) is 40.2 Å². The molecule has 0 atom stereocenters. The van der Waals surface area contributed by atoms with Gasteiger partial charge in [0, 0.05) is 11.0 Å². The van der Waals surface area contributed by atoms with Crippen molar-refractivity contribution in [1.29, 1.82) is 0 Å². The molecular weight excluding hydrogens is 350 g/mol. The van der Waals surface area contributed by atoms with E-state index in [9.17, 15) is 4.79 Å². The second-order valence-electron chi connectivity index (χ2n) is 5.07. The number of carbonyl (C=O) groups excluding carboxylic acids is 1. The van der Waals surface area contributed by atoms with Crippen molar-refractivity contribution in [3.63, 3.8) is 0 Å². The van der Waals surface area contributed by atoms with Crippen LogP contribution < -0.4 is 9.64 Å². The molecule has 5 heteroatoms. The van der Waals surface area contributed by atoms with E-state index in [1.807, 2.05) is 22.4 Å². The molecule has 2 heterocycles. The largest absolute Gasteiger partial charge is 0.495 e. The molecular formula is C16H16BrNO2S. The molecule has 110 valence electrons. The number of ether oxygens (including phenoxy) is 1. The van der Waals surface area contributed by atoms with Gasteiger partial charge in [0.15, 0.2) is 0 Å². The van der Waals surface area contributed by atoms with Crippen LogP contribution in [0.15, 0.2) is 28.1 Å².